The number of nitrogens with zero attached hydrogens (tertiary/aromatic N) is 2. The lowest BCUT2D eigenvalue weighted by Gasteiger charge is -2.33. The summed E-state index contributed by atoms with van der Waals surface area (Å²) in [5.74, 6) is 0.254. The predicted molar refractivity (Wildman–Crippen MR) is 71.0 cm³/mol. The fraction of sp³-hybridized carbons (Fsp3) is 0.500. The molecule has 1 saturated heterocycles. The Morgan fingerprint density at radius 1 is 1.42 bits per heavy atom. The zero-order valence-corrected chi connectivity index (χ0v) is 11.3. The van der Waals surface area contributed by atoms with Crippen molar-refractivity contribution in [1.82, 2.24) is 15.2 Å². The number of carbonyl (C=O) groups excluding carboxylic acids is 2. The van der Waals surface area contributed by atoms with Crippen molar-refractivity contribution in [3.63, 3.8) is 0 Å². The molecule has 2 heterocycles. The summed E-state index contributed by atoms with van der Waals surface area (Å²) in [6.07, 6.45) is 2.36. The number of rotatable bonds is 4. The Kier molecular flexibility index (Phi) is 4.14. The first-order valence-electron chi connectivity index (χ1n) is 6.54. The van der Waals surface area contributed by atoms with Gasteiger partial charge in [-0.15, -0.1) is 0 Å². The Bertz CT molecular complexity index is 459. The molecule has 1 atom stereocenters. The van der Waals surface area contributed by atoms with E-state index in [1.165, 1.54) is 0 Å². The van der Waals surface area contributed by atoms with Gasteiger partial charge in [-0.2, -0.15) is 0 Å². The van der Waals surface area contributed by atoms with Gasteiger partial charge in [0, 0.05) is 6.20 Å². The third-order valence-electron chi connectivity index (χ3n) is 3.07. The topological polar surface area (TPSA) is 62.3 Å². The van der Waals surface area contributed by atoms with Crippen LogP contribution in [0.15, 0.2) is 24.4 Å². The molecule has 5 nitrogen and oxygen atoms in total. The highest BCUT2D eigenvalue weighted by Crippen LogP contribution is 2.13. The molecule has 1 unspecified atom stereocenters. The van der Waals surface area contributed by atoms with Crippen molar-refractivity contribution in [3.8, 4) is 0 Å². The lowest BCUT2D eigenvalue weighted by atomic mass is 10.0. The van der Waals surface area contributed by atoms with Crippen LogP contribution in [0.25, 0.3) is 0 Å². The van der Waals surface area contributed by atoms with E-state index in [1.54, 1.807) is 11.1 Å². The molecule has 2 amide bonds. The molecule has 102 valence electrons. The van der Waals surface area contributed by atoms with Crippen molar-refractivity contribution < 1.29 is 9.59 Å². The Labute approximate surface area is 113 Å². The molecule has 5 heteroatoms. The normalized spacial score (nSPS) is 19.7. The summed E-state index contributed by atoms with van der Waals surface area (Å²) < 4.78 is 0. The van der Waals surface area contributed by atoms with Crippen molar-refractivity contribution >= 4 is 11.8 Å². The van der Waals surface area contributed by atoms with Crippen LogP contribution < -0.4 is 5.32 Å². The number of amides is 2. The molecule has 1 aliphatic heterocycles. The second kappa shape index (κ2) is 5.82. The molecular weight excluding hydrogens is 242 g/mol. The number of piperazine rings is 1. The van der Waals surface area contributed by atoms with E-state index in [-0.39, 0.29) is 18.4 Å². The molecular formula is C14H19N3O2. The SMILES string of the molecule is CC(C)CC1NC(=O)CN(Cc2ccccn2)C1=O. The molecule has 0 aromatic carbocycles. The first kappa shape index (κ1) is 13.5. The Hall–Kier alpha value is -1.91. The Morgan fingerprint density at radius 3 is 2.84 bits per heavy atom. The molecule has 0 saturated carbocycles. The van der Waals surface area contributed by atoms with Gasteiger partial charge in [0.1, 0.15) is 12.6 Å². The standard InChI is InChI=1S/C14H19N3O2/c1-10(2)7-12-14(19)17(9-13(18)16-12)8-11-5-3-4-6-15-11/h3-6,10,12H,7-9H2,1-2H3,(H,16,18). The highest BCUT2D eigenvalue weighted by atomic mass is 16.2. The van der Waals surface area contributed by atoms with Crippen LogP contribution in [0.1, 0.15) is 26.0 Å². The number of nitrogens with one attached hydrogen (secondary N) is 1. The third kappa shape index (κ3) is 3.53. The molecule has 0 spiro atoms. The van der Waals surface area contributed by atoms with Crippen LogP contribution >= 0.6 is 0 Å². The Balaban J connectivity index is 2.07. The van der Waals surface area contributed by atoms with Crippen molar-refractivity contribution in [2.24, 2.45) is 5.92 Å². The lowest BCUT2D eigenvalue weighted by molar-refractivity contribution is -0.145. The van der Waals surface area contributed by atoms with Gasteiger partial charge in [-0.3, -0.25) is 14.6 Å². The lowest BCUT2D eigenvalue weighted by Crippen LogP contribution is -2.57. The average Bonchev–Trinajstić information content (AvgIpc) is 2.35. The van der Waals surface area contributed by atoms with Gasteiger partial charge >= 0.3 is 0 Å². The highest BCUT2D eigenvalue weighted by Gasteiger charge is 2.32. The molecule has 0 radical (unpaired) electrons. The van der Waals surface area contributed by atoms with E-state index in [9.17, 15) is 9.59 Å². The maximum Gasteiger partial charge on any atom is 0.245 e. The second-order valence-corrected chi connectivity index (χ2v) is 5.27. The fourth-order valence-electron chi connectivity index (χ4n) is 2.23. The summed E-state index contributed by atoms with van der Waals surface area (Å²) >= 11 is 0. The van der Waals surface area contributed by atoms with Gasteiger partial charge in [-0.25, -0.2) is 0 Å². The van der Waals surface area contributed by atoms with Crippen molar-refractivity contribution in [1.29, 1.82) is 0 Å². The highest BCUT2D eigenvalue weighted by molar-refractivity contribution is 5.94. The molecule has 0 aliphatic carbocycles. The van der Waals surface area contributed by atoms with E-state index in [0.29, 0.717) is 18.9 Å². The summed E-state index contributed by atoms with van der Waals surface area (Å²) in [6.45, 7) is 4.58. The van der Waals surface area contributed by atoms with E-state index in [2.05, 4.69) is 10.3 Å². The Morgan fingerprint density at radius 2 is 2.21 bits per heavy atom. The van der Waals surface area contributed by atoms with Gasteiger partial charge in [0.05, 0.1) is 12.2 Å². The number of aromatic nitrogens is 1. The smallest absolute Gasteiger partial charge is 0.245 e. The molecule has 1 N–H and O–H groups in total. The van der Waals surface area contributed by atoms with Crippen LogP contribution in [-0.4, -0.2) is 34.3 Å². The van der Waals surface area contributed by atoms with E-state index in [4.69, 9.17) is 0 Å². The van der Waals surface area contributed by atoms with Crippen LogP contribution in [0, 0.1) is 5.92 Å². The van der Waals surface area contributed by atoms with Gasteiger partial charge in [0.2, 0.25) is 11.8 Å². The molecule has 19 heavy (non-hydrogen) atoms. The number of hydrogen-bond acceptors (Lipinski definition) is 3. The van der Waals surface area contributed by atoms with Crippen LogP contribution in [-0.2, 0) is 16.1 Å². The van der Waals surface area contributed by atoms with Crippen LogP contribution in [0.2, 0.25) is 0 Å². The van der Waals surface area contributed by atoms with E-state index < -0.39 is 6.04 Å². The minimum absolute atomic E-state index is 0.0149. The maximum atomic E-state index is 12.3. The molecule has 0 bridgehead atoms. The summed E-state index contributed by atoms with van der Waals surface area (Å²) in [6, 6.07) is 5.17. The summed E-state index contributed by atoms with van der Waals surface area (Å²) in [5, 5.41) is 2.76. The van der Waals surface area contributed by atoms with Gasteiger partial charge < -0.3 is 10.2 Å². The molecule has 1 aromatic heterocycles. The molecule has 1 fully saturated rings. The number of carbonyl (C=O) groups is 2. The largest absolute Gasteiger partial charge is 0.343 e. The minimum atomic E-state index is -0.398. The van der Waals surface area contributed by atoms with Crippen LogP contribution in [0.5, 0.6) is 0 Å². The van der Waals surface area contributed by atoms with Crippen LogP contribution in [0.3, 0.4) is 0 Å². The molecule has 1 aromatic rings. The maximum absolute atomic E-state index is 12.3. The van der Waals surface area contributed by atoms with Gasteiger partial charge in [0.25, 0.3) is 0 Å². The zero-order chi connectivity index (χ0) is 13.8. The third-order valence-corrected chi connectivity index (χ3v) is 3.07. The fourth-order valence-corrected chi connectivity index (χ4v) is 2.23. The van der Waals surface area contributed by atoms with Crippen molar-refractivity contribution in [2.45, 2.75) is 32.9 Å². The molecule has 1 aliphatic rings. The quantitative estimate of drug-likeness (QED) is 0.878. The van der Waals surface area contributed by atoms with Crippen molar-refractivity contribution in [3.05, 3.63) is 30.1 Å². The van der Waals surface area contributed by atoms with Crippen molar-refractivity contribution in [2.75, 3.05) is 6.54 Å². The molecule has 2 rings (SSSR count). The predicted octanol–water partition coefficient (Wildman–Crippen LogP) is 0.955. The zero-order valence-electron chi connectivity index (χ0n) is 11.3. The van der Waals surface area contributed by atoms with E-state index in [0.717, 1.165) is 5.69 Å². The number of hydrogen-bond donors (Lipinski definition) is 1. The summed E-state index contributed by atoms with van der Waals surface area (Å²) in [4.78, 5) is 29.7. The monoisotopic (exact) mass is 261 g/mol. The average molecular weight is 261 g/mol. The van der Waals surface area contributed by atoms with Crippen LogP contribution in [0.4, 0.5) is 0 Å². The van der Waals surface area contributed by atoms with E-state index >= 15 is 0 Å². The minimum Gasteiger partial charge on any atom is -0.343 e. The first-order valence-corrected chi connectivity index (χ1v) is 6.54. The van der Waals surface area contributed by atoms with Gasteiger partial charge in [-0.05, 0) is 24.5 Å². The second-order valence-electron chi connectivity index (χ2n) is 5.27. The summed E-state index contributed by atoms with van der Waals surface area (Å²) in [5.41, 5.74) is 0.800. The van der Waals surface area contributed by atoms with Gasteiger partial charge in [0.15, 0.2) is 0 Å². The first-order chi connectivity index (χ1) is 9.06. The summed E-state index contributed by atoms with van der Waals surface area (Å²) in [7, 11) is 0. The number of pyridine rings is 1. The van der Waals surface area contributed by atoms with E-state index in [1.807, 2.05) is 32.0 Å². The van der Waals surface area contributed by atoms with Gasteiger partial charge in [-0.1, -0.05) is 19.9 Å².